The van der Waals surface area contributed by atoms with Gasteiger partial charge in [0.1, 0.15) is 0 Å². The van der Waals surface area contributed by atoms with Crippen molar-refractivity contribution in [2.24, 2.45) is 5.73 Å². The molecule has 0 aliphatic carbocycles. The van der Waals surface area contributed by atoms with Gasteiger partial charge in [0.2, 0.25) is 0 Å². The molecule has 3 N–H and O–H groups in total. The second-order valence-corrected chi connectivity index (χ2v) is 2.55. The Balaban J connectivity index is 2.88. The molecule has 1 aromatic rings. The number of carbonyl (C=O) groups is 1. The molecule has 76 valence electrons. The highest BCUT2D eigenvalue weighted by molar-refractivity contribution is 5.71. The van der Waals surface area contributed by atoms with Crippen LogP contribution in [0, 0.1) is 17.5 Å². The van der Waals surface area contributed by atoms with Gasteiger partial charge in [-0.25, -0.2) is 18.0 Å². The van der Waals surface area contributed by atoms with E-state index in [0.29, 0.717) is 0 Å². The van der Waals surface area contributed by atoms with Crippen LogP contribution in [0.2, 0.25) is 0 Å². The van der Waals surface area contributed by atoms with Crippen molar-refractivity contribution in [1.29, 1.82) is 0 Å². The molecule has 0 atom stereocenters. The van der Waals surface area contributed by atoms with Crippen molar-refractivity contribution in [2.45, 2.75) is 6.54 Å². The minimum absolute atomic E-state index is 0.164. The van der Waals surface area contributed by atoms with Crippen LogP contribution in [0.1, 0.15) is 5.56 Å². The Morgan fingerprint density at radius 3 is 2.50 bits per heavy atom. The van der Waals surface area contributed by atoms with Crippen LogP contribution in [0.5, 0.6) is 0 Å². The molecule has 0 radical (unpaired) electrons. The van der Waals surface area contributed by atoms with Gasteiger partial charge in [-0.1, -0.05) is 6.07 Å². The normalized spacial score (nSPS) is 9.93. The number of urea groups is 1. The molecule has 2 amide bonds. The second-order valence-electron chi connectivity index (χ2n) is 2.55. The van der Waals surface area contributed by atoms with Gasteiger partial charge < -0.3 is 11.1 Å². The van der Waals surface area contributed by atoms with Gasteiger partial charge in [0.15, 0.2) is 17.5 Å². The van der Waals surface area contributed by atoms with Crippen LogP contribution in [0.15, 0.2) is 12.1 Å². The summed E-state index contributed by atoms with van der Waals surface area (Å²) >= 11 is 0. The third-order valence-electron chi connectivity index (χ3n) is 1.57. The standard InChI is InChI=1S/C8H7F3N2O/c9-5-2-1-4(3-13-8(12)14)6(10)7(5)11/h1-2H,3H2,(H3,12,13,14). The molecule has 14 heavy (non-hydrogen) atoms. The number of carbonyl (C=O) groups excluding carboxylic acids is 1. The van der Waals surface area contributed by atoms with Gasteiger partial charge in [0.05, 0.1) is 0 Å². The first-order valence-corrected chi connectivity index (χ1v) is 3.68. The zero-order valence-corrected chi connectivity index (χ0v) is 6.98. The minimum Gasteiger partial charge on any atom is -0.352 e. The van der Waals surface area contributed by atoms with Crippen LogP contribution in [-0.2, 0) is 6.54 Å². The molecule has 0 saturated carbocycles. The molecule has 0 bridgehead atoms. The van der Waals surface area contributed by atoms with Gasteiger partial charge in [-0.15, -0.1) is 0 Å². The largest absolute Gasteiger partial charge is 0.352 e. The van der Waals surface area contributed by atoms with E-state index >= 15 is 0 Å². The highest BCUT2D eigenvalue weighted by Gasteiger charge is 2.12. The first-order chi connectivity index (χ1) is 6.52. The van der Waals surface area contributed by atoms with E-state index in [0.717, 1.165) is 12.1 Å². The zero-order valence-electron chi connectivity index (χ0n) is 6.98. The third kappa shape index (κ3) is 2.15. The first kappa shape index (κ1) is 10.4. The van der Waals surface area contributed by atoms with E-state index in [1.54, 1.807) is 0 Å². The predicted molar refractivity (Wildman–Crippen MR) is 42.7 cm³/mol. The maximum Gasteiger partial charge on any atom is 0.312 e. The Bertz CT molecular complexity index is 368. The Morgan fingerprint density at radius 1 is 1.29 bits per heavy atom. The topological polar surface area (TPSA) is 55.1 Å². The van der Waals surface area contributed by atoms with Gasteiger partial charge in [0.25, 0.3) is 0 Å². The fourth-order valence-electron chi connectivity index (χ4n) is 0.885. The summed E-state index contributed by atoms with van der Waals surface area (Å²) in [5, 5.41) is 2.06. The lowest BCUT2D eigenvalue weighted by Gasteiger charge is -2.04. The average Bonchev–Trinajstić information content (AvgIpc) is 2.13. The van der Waals surface area contributed by atoms with Crippen molar-refractivity contribution < 1.29 is 18.0 Å². The van der Waals surface area contributed by atoms with Crippen LogP contribution in [0.3, 0.4) is 0 Å². The summed E-state index contributed by atoms with van der Waals surface area (Å²) in [5.41, 5.74) is 4.55. The van der Waals surface area contributed by atoms with Gasteiger partial charge in [-0.05, 0) is 6.07 Å². The Hall–Kier alpha value is -1.72. The molecular formula is C8H7F3N2O. The van der Waals surface area contributed by atoms with Crippen molar-refractivity contribution >= 4 is 6.03 Å². The molecule has 3 nitrogen and oxygen atoms in total. The summed E-state index contributed by atoms with van der Waals surface area (Å²) in [7, 11) is 0. The number of nitrogens with one attached hydrogen (secondary N) is 1. The lowest BCUT2D eigenvalue weighted by atomic mass is 10.2. The van der Waals surface area contributed by atoms with Crippen LogP contribution in [0.4, 0.5) is 18.0 Å². The molecule has 1 aromatic carbocycles. The maximum atomic E-state index is 12.9. The highest BCUT2D eigenvalue weighted by Crippen LogP contribution is 2.14. The fourth-order valence-corrected chi connectivity index (χ4v) is 0.885. The molecule has 0 unspecified atom stereocenters. The van der Waals surface area contributed by atoms with Crippen LogP contribution in [0.25, 0.3) is 0 Å². The number of hydrogen-bond acceptors (Lipinski definition) is 1. The number of halogens is 3. The molecule has 0 spiro atoms. The first-order valence-electron chi connectivity index (χ1n) is 3.68. The summed E-state index contributed by atoms with van der Waals surface area (Å²) in [6.07, 6.45) is 0. The van der Waals surface area contributed by atoms with Crippen molar-refractivity contribution in [1.82, 2.24) is 5.32 Å². The van der Waals surface area contributed by atoms with E-state index in [9.17, 15) is 18.0 Å². The zero-order chi connectivity index (χ0) is 10.7. The predicted octanol–water partition coefficient (Wildman–Crippen LogP) is 1.27. The molecule has 0 fully saturated rings. The third-order valence-corrected chi connectivity index (χ3v) is 1.57. The molecule has 0 saturated heterocycles. The number of benzene rings is 1. The number of primary amides is 1. The van der Waals surface area contributed by atoms with Crippen molar-refractivity contribution in [3.63, 3.8) is 0 Å². The molecule has 1 rings (SSSR count). The summed E-state index contributed by atoms with van der Waals surface area (Å²) in [6.45, 7) is -0.279. The van der Waals surface area contributed by atoms with Gasteiger partial charge in [0, 0.05) is 12.1 Å². The molecule has 0 heterocycles. The number of amides is 2. The smallest absolute Gasteiger partial charge is 0.312 e. The minimum atomic E-state index is -1.56. The van der Waals surface area contributed by atoms with Crippen molar-refractivity contribution in [2.75, 3.05) is 0 Å². The number of nitrogens with two attached hydrogens (primary N) is 1. The summed E-state index contributed by atoms with van der Waals surface area (Å²) in [4.78, 5) is 10.3. The highest BCUT2D eigenvalue weighted by atomic mass is 19.2. The van der Waals surface area contributed by atoms with Crippen molar-refractivity contribution in [3.8, 4) is 0 Å². The summed E-state index contributed by atoms with van der Waals surface area (Å²) in [5.74, 6) is -4.15. The molecular weight excluding hydrogens is 197 g/mol. The van der Waals surface area contributed by atoms with E-state index in [2.05, 4.69) is 5.32 Å². The Kier molecular flexibility index (Phi) is 2.95. The fraction of sp³-hybridized carbons (Fsp3) is 0.125. The molecule has 0 aliphatic rings. The molecule has 0 aromatic heterocycles. The van der Waals surface area contributed by atoms with Crippen LogP contribution >= 0.6 is 0 Å². The number of rotatable bonds is 2. The van der Waals surface area contributed by atoms with Crippen LogP contribution in [-0.4, -0.2) is 6.03 Å². The maximum absolute atomic E-state index is 12.9. The second kappa shape index (κ2) is 3.99. The molecule has 0 aliphatic heterocycles. The van der Waals surface area contributed by atoms with E-state index in [1.165, 1.54) is 0 Å². The lowest BCUT2D eigenvalue weighted by Crippen LogP contribution is -2.29. The lowest BCUT2D eigenvalue weighted by molar-refractivity contribution is 0.248. The van der Waals surface area contributed by atoms with E-state index < -0.39 is 23.5 Å². The Morgan fingerprint density at radius 2 is 1.93 bits per heavy atom. The molecule has 6 heteroatoms. The van der Waals surface area contributed by atoms with E-state index in [-0.39, 0.29) is 12.1 Å². The summed E-state index contributed by atoms with van der Waals surface area (Å²) in [6, 6.07) is 0.939. The van der Waals surface area contributed by atoms with E-state index in [1.807, 2.05) is 0 Å². The Labute approximate surface area is 77.7 Å². The quantitative estimate of drug-likeness (QED) is 0.700. The van der Waals surface area contributed by atoms with E-state index in [4.69, 9.17) is 5.73 Å². The van der Waals surface area contributed by atoms with Crippen LogP contribution < -0.4 is 11.1 Å². The van der Waals surface area contributed by atoms with Crippen molar-refractivity contribution in [3.05, 3.63) is 35.1 Å². The SMILES string of the molecule is NC(=O)NCc1ccc(F)c(F)c1F. The van der Waals surface area contributed by atoms with Gasteiger partial charge in [-0.2, -0.15) is 0 Å². The number of hydrogen-bond donors (Lipinski definition) is 2. The average molecular weight is 204 g/mol. The van der Waals surface area contributed by atoms with Gasteiger partial charge in [-0.3, -0.25) is 0 Å². The van der Waals surface area contributed by atoms with Gasteiger partial charge >= 0.3 is 6.03 Å². The summed E-state index contributed by atoms with van der Waals surface area (Å²) < 4.78 is 38.0. The monoisotopic (exact) mass is 204 g/mol.